The van der Waals surface area contributed by atoms with Crippen molar-refractivity contribution in [2.45, 2.75) is 19.0 Å². The second-order valence-electron chi connectivity index (χ2n) is 4.63. The molecular formula is C12H12ClF3N2O2. The van der Waals surface area contributed by atoms with Crippen molar-refractivity contribution in [2.24, 2.45) is 5.92 Å². The Morgan fingerprint density at radius 1 is 1.40 bits per heavy atom. The molecule has 2 rings (SSSR count). The fourth-order valence-electron chi connectivity index (χ4n) is 2.20. The number of pyridine rings is 1. The first kappa shape index (κ1) is 14.9. The number of rotatable bonds is 2. The molecule has 4 nitrogen and oxygen atoms in total. The van der Waals surface area contributed by atoms with Gasteiger partial charge in [0.2, 0.25) is 0 Å². The predicted octanol–water partition coefficient (Wildman–Crippen LogP) is 3.21. The first-order valence-electron chi connectivity index (χ1n) is 5.99. The van der Waals surface area contributed by atoms with Gasteiger partial charge in [-0.3, -0.25) is 0 Å². The minimum absolute atomic E-state index is 0.00595. The van der Waals surface area contributed by atoms with Gasteiger partial charge in [-0.25, -0.2) is 9.78 Å². The Balaban J connectivity index is 2.11. The molecule has 1 aliphatic heterocycles. The number of carboxylic acids is 1. The van der Waals surface area contributed by atoms with Gasteiger partial charge < -0.3 is 10.0 Å². The van der Waals surface area contributed by atoms with Crippen LogP contribution in [0.2, 0.25) is 5.02 Å². The fraction of sp³-hybridized carbons (Fsp3) is 0.500. The smallest absolute Gasteiger partial charge is 0.391 e. The molecule has 0 bridgehead atoms. The number of carboxylic acid groups (broad SMARTS) is 1. The van der Waals surface area contributed by atoms with Gasteiger partial charge in [0, 0.05) is 19.3 Å². The monoisotopic (exact) mass is 308 g/mol. The van der Waals surface area contributed by atoms with Gasteiger partial charge in [-0.2, -0.15) is 13.2 Å². The van der Waals surface area contributed by atoms with E-state index in [1.54, 1.807) is 4.90 Å². The van der Waals surface area contributed by atoms with Crippen LogP contribution < -0.4 is 4.90 Å². The van der Waals surface area contributed by atoms with E-state index in [1.807, 2.05) is 0 Å². The zero-order valence-electron chi connectivity index (χ0n) is 10.3. The molecule has 8 heteroatoms. The lowest BCUT2D eigenvalue weighted by Crippen LogP contribution is -2.39. The van der Waals surface area contributed by atoms with Crippen LogP contribution in [0.4, 0.5) is 19.0 Å². The van der Waals surface area contributed by atoms with E-state index in [-0.39, 0.29) is 36.5 Å². The average molecular weight is 309 g/mol. The van der Waals surface area contributed by atoms with E-state index in [0.717, 1.165) is 0 Å². The van der Waals surface area contributed by atoms with Crippen LogP contribution in [0.25, 0.3) is 0 Å². The maximum atomic E-state index is 12.6. The summed E-state index contributed by atoms with van der Waals surface area (Å²) in [6.45, 7) is 0.385. The summed E-state index contributed by atoms with van der Waals surface area (Å²) >= 11 is 5.70. The van der Waals surface area contributed by atoms with E-state index >= 15 is 0 Å². The van der Waals surface area contributed by atoms with E-state index in [4.69, 9.17) is 16.7 Å². The van der Waals surface area contributed by atoms with Crippen LogP contribution in [0.1, 0.15) is 23.2 Å². The highest BCUT2D eigenvalue weighted by atomic mass is 35.5. The molecule has 0 radical (unpaired) electrons. The summed E-state index contributed by atoms with van der Waals surface area (Å²) in [6, 6.07) is 1.29. The van der Waals surface area contributed by atoms with Gasteiger partial charge in [-0.05, 0) is 18.9 Å². The van der Waals surface area contributed by atoms with Gasteiger partial charge in [0.1, 0.15) is 5.82 Å². The van der Waals surface area contributed by atoms with Crippen molar-refractivity contribution in [3.05, 3.63) is 22.8 Å². The van der Waals surface area contributed by atoms with Crippen LogP contribution in [0, 0.1) is 5.92 Å². The molecule has 20 heavy (non-hydrogen) atoms. The molecule has 0 atom stereocenters. The zero-order valence-corrected chi connectivity index (χ0v) is 11.1. The van der Waals surface area contributed by atoms with Gasteiger partial charge >= 0.3 is 12.1 Å². The molecule has 2 heterocycles. The summed E-state index contributed by atoms with van der Waals surface area (Å²) in [7, 11) is 0. The number of anilines is 1. The molecule has 0 spiro atoms. The topological polar surface area (TPSA) is 53.4 Å². The molecule has 0 saturated carbocycles. The maximum absolute atomic E-state index is 12.6. The van der Waals surface area contributed by atoms with Gasteiger partial charge in [-0.15, -0.1) is 0 Å². The standard InChI is InChI=1S/C12H12ClF3N2O2/c13-9-6-17-10(5-8(9)11(19)20)18-3-1-7(2-4-18)12(14,15)16/h5-7H,1-4H2,(H,19,20). The summed E-state index contributed by atoms with van der Waals surface area (Å²) < 4.78 is 37.7. The molecule has 1 N–H and O–H groups in total. The molecule has 0 amide bonds. The molecule has 1 aliphatic rings. The third kappa shape index (κ3) is 3.15. The molecule has 0 aliphatic carbocycles. The highest BCUT2D eigenvalue weighted by Gasteiger charge is 2.41. The number of aromatic carboxylic acids is 1. The van der Waals surface area contributed by atoms with Crippen molar-refractivity contribution >= 4 is 23.4 Å². The molecule has 0 aromatic carbocycles. The van der Waals surface area contributed by atoms with Crippen molar-refractivity contribution in [1.82, 2.24) is 4.98 Å². The van der Waals surface area contributed by atoms with Gasteiger partial charge in [-0.1, -0.05) is 11.6 Å². The van der Waals surface area contributed by atoms with Crippen LogP contribution >= 0.6 is 11.6 Å². The number of halogens is 4. The van der Waals surface area contributed by atoms with E-state index in [0.29, 0.717) is 5.82 Å². The largest absolute Gasteiger partial charge is 0.478 e. The van der Waals surface area contributed by atoms with Crippen LogP contribution in [0.5, 0.6) is 0 Å². The first-order valence-corrected chi connectivity index (χ1v) is 6.37. The molecule has 1 saturated heterocycles. The lowest BCUT2D eigenvalue weighted by atomic mass is 9.96. The van der Waals surface area contributed by atoms with Crippen LogP contribution in [0.3, 0.4) is 0 Å². The number of hydrogen-bond donors (Lipinski definition) is 1. The number of aromatic nitrogens is 1. The number of nitrogens with zero attached hydrogens (tertiary/aromatic N) is 2. The van der Waals surface area contributed by atoms with Gasteiger partial charge in [0.25, 0.3) is 0 Å². The summed E-state index contributed by atoms with van der Waals surface area (Å²) in [5.74, 6) is -2.15. The van der Waals surface area contributed by atoms with E-state index < -0.39 is 18.1 Å². The Bertz CT molecular complexity index is 514. The molecule has 1 aromatic heterocycles. The van der Waals surface area contributed by atoms with Gasteiger partial charge in [0.05, 0.1) is 16.5 Å². The molecule has 110 valence electrons. The Morgan fingerprint density at radius 2 is 2.00 bits per heavy atom. The predicted molar refractivity (Wildman–Crippen MR) is 67.2 cm³/mol. The maximum Gasteiger partial charge on any atom is 0.391 e. The number of alkyl halides is 3. The van der Waals surface area contributed by atoms with Crippen LogP contribution in [0.15, 0.2) is 12.3 Å². The fourth-order valence-corrected chi connectivity index (χ4v) is 2.38. The SMILES string of the molecule is O=C(O)c1cc(N2CCC(C(F)(F)F)CC2)ncc1Cl. The number of piperidine rings is 1. The summed E-state index contributed by atoms with van der Waals surface area (Å²) in [5, 5.41) is 8.96. The van der Waals surface area contributed by atoms with E-state index in [9.17, 15) is 18.0 Å². The van der Waals surface area contributed by atoms with Crippen molar-refractivity contribution in [3.63, 3.8) is 0 Å². The summed E-state index contributed by atoms with van der Waals surface area (Å²) in [5.41, 5.74) is -0.102. The second kappa shape index (κ2) is 5.47. The van der Waals surface area contributed by atoms with Crippen molar-refractivity contribution < 1.29 is 23.1 Å². The van der Waals surface area contributed by atoms with E-state index in [2.05, 4.69) is 4.98 Å². The molecular weight excluding hydrogens is 297 g/mol. The lowest BCUT2D eigenvalue weighted by molar-refractivity contribution is -0.179. The Morgan fingerprint density at radius 3 is 2.50 bits per heavy atom. The zero-order chi connectivity index (χ0) is 14.9. The molecule has 0 unspecified atom stereocenters. The van der Waals surface area contributed by atoms with Gasteiger partial charge in [0.15, 0.2) is 0 Å². The van der Waals surface area contributed by atoms with Crippen molar-refractivity contribution in [3.8, 4) is 0 Å². The van der Waals surface area contributed by atoms with Crippen LogP contribution in [-0.2, 0) is 0 Å². The van der Waals surface area contributed by atoms with Crippen molar-refractivity contribution in [2.75, 3.05) is 18.0 Å². The third-order valence-corrected chi connectivity index (χ3v) is 3.65. The second-order valence-corrected chi connectivity index (χ2v) is 5.04. The molecule has 1 aromatic rings. The minimum atomic E-state index is -4.17. The number of carbonyl (C=O) groups is 1. The summed E-state index contributed by atoms with van der Waals surface area (Å²) in [6.07, 6.45) is -3.01. The lowest BCUT2D eigenvalue weighted by Gasteiger charge is -2.33. The Labute approximate surface area is 118 Å². The van der Waals surface area contributed by atoms with Crippen LogP contribution in [-0.4, -0.2) is 35.3 Å². The summed E-state index contributed by atoms with van der Waals surface area (Å²) in [4.78, 5) is 16.6. The van der Waals surface area contributed by atoms with Crippen molar-refractivity contribution in [1.29, 1.82) is 0 Å². The third-order valence-electron chi connectivity index (χ3n) is 3.35. The normalized spacial score (nSPS) is 17.3. The quantitative estimate of drug-likeness (QED) is 0.911. The minimum Gasteiger partial charge on any atom is -0.478 e. The average Bonchev–Trinajstić information content (AvgIpc) is 2.38. The first-order chi connectivity index (χ1) is 9.29. The Kier molecular flexibility index (Phi) is 4.08. The number of hydrogen-bond acceptors (Lipinski definition) is 3. The van der Waals surface area contributed by atoms with E-state index in [1.165, 1.54) is 12.3 Å². The molecule has 1 fully saturated rings. The highest BCUT2D eigenvalue weighted by Crippen LogP contribution is 2.35. The highest BCUT2D eigenvalue weighted by molar-refractivity contribution is 6.33. The Hall–Kier alpha value is -1.50.